The van der Waals surface area contributed by atoms with Crippen LogP contribution in [-0.2, 0) is 12.0 Å². The second-order valence-electron chi connectivity index (χ2n) is 7.28. The number of aliphatic hydroxyl groups excluding tert-OH is 1. The highest BCUT2D eigenvalue weighted by molar-refractivity contribution is 5.71. The van der Waals surface area contributed by atoms with E-state index in [1.807, 2.05) is 36.4 Å². The topological polar surface area (TPSA) is 40.5 Å². The van der Waals surface area contributed by atoms with Gasteiger partial charge < -0.3 is 10.2 Å². The van der Waals surface area contributed by atoms with Crippen LogP contribution in [0.4, 0.5) is 0 Å². The molecule has 0 saturated carbocycles. The first kappa shape index (κ1) is 18.5. The SMILES string of the molecule is CCCCCCC(C)(C)c1ccc(-c2cccc(CO)c2)c(O)c1. The number of phenolic OH excluding ortho intramolecular Hbond substituents is 1. The van der Waals surface area contributed by atoms with Crippen molar-refractivity contribution in [1.29, 1.82) is 0 Å². The Kier molecular flexibility index (Phi) is 6.44. The first-order valence-corrected chi connectivity index (χ1v) is 9.01. The Hall–Kier alpha value is -1.80. The third-order valence-electron chi connectivity index (χ3n) is 4.86. The number of unbranched alkanes of at least 4 members (excludes halogenated alkanes) is 3. The Labute approximate surface area is 146 Å². The maximum absolute atomic E-state index is 10.5. The van der Waals surface area contributed by atoms with Crippen LogP contribution in [0.5, 0.6) is 5.75 Å². The molecule has 0 aromatic heterocycles. The van der Waals surface area contributed by atoms with Gasteiger partial charge in [-0.3, -0.25) is 0 Å². The summed E-state index contributed by atoms with van der Waals surface area (Å²) in [7, 11) is 0. The molecule has 0 saturated heterocycles. The molecule has 0 bridgehead atoms. The lowest BCUT2D eigenvalue weighted by atomic mass is 9.79. The van der Waals surface area contributed by atoms with Crippen LogP contribution in [0.25, 0.3) is 11.1 Å². The predicted octanol–water partition coefficient (Wildman–Crippen LogP) is 5.80. The zero-order chi connectivity index (χ0) is 17.6. The van der Waals surface area contributed by atoms with Crippen LogP contribution < -0.4 is 0 Å². The number of benzene rings is 2. The molecule has 0 radical (unpaired) electrons. The lowest BCUT2D eigenvalue weighted by molar-refractivity contribution is 0.282. The molecule has 2 N–H and O–H groups in total. The zero-order valence-electron chi connectivity index (χ0n) is 15.2. The molecule has 2 aromatic carbocycles. The number of phenols is 1. The van der Waals surface area contributed by atoms with Crippen LogP contribution in [0.2, 0.25) is 0 Å². The monoisotopic (exact) mass is 326 g/mol. The highest BCUT2D eigenvalue weighted by Gasteiger charge is 2.21. The molecule has 0 fully saturated rings. The summed E-state index contributed by atoms with van der Waals surface area (Å²) < 4.78 is 0. The van der Waals surface area contributed by atoms with E-state index in [1.54, 1.807) is 0 Å². The average molecular weight is 326 g/mol. The summed E-state index contributed by atoms with van der Waals surface area (Å²) >= 11 is 0. The molecule has 0 amide bonds. The highest BCUT2D eigenvalue weighted by Crippen LogP contribution is 2.36. The number of aliphatic hydroxyl groups is 1. The molecule has 0 atom stereocenters. The summed E-state index contributed by atoms with van der Waals surface area (Å²) in [5, 5.41) is 19.8. The number of aromatic hydroxyl groups is 1. The van der Waals surface area contributed by atoms with Crippen molar-refractivity contribution in [3.8, 4) is 16.9 Å². The maximum atomic E-state index is 10.5. The minimum atomic E-state index is 0.0114. The minimum Gasteiger partial charge on any atom is -0.507 e. The molecule has 2 nitrogen and oxygen atoms in total. The maximum Gasteiger partial charge on any atom is 0.123 e. The van der Waals surface area contributed by atoms with Gasteiger partial charge in [0, 0.05) is 5.56 Å². The molecule has 130 valence electrons. The van der Waals surface area contributed by atoms with Gasteiger partial charge in [-0.2, -0.15) is 0 Å². The van der Waals surface area contributed by atoms with Crippen molar-refractivity contribution in [3.63, 3.8) is 0 Å². The van der Waals surface area contributed by atoms with Crippen LogP contribution in [0, 0.1) is 0 Å². The van der Waals surface area contributed by atoms with E-state index in [0.29, 0.717) is 5.75 Å². The first-order valence-electron chi connectivity index (χ1n) is 9.01. The van der Waals surface area contributed by atoms with E-state index in [1.165, 1.54) is 31.2 Å². The van der Waals surface area contributed by atoms with Crippen LogP contribution in [0.3, 0.4) is 0 Å². The van der Waals surface area contributed by atoms with Gasteiger partial charge in [-0.1, -0.05) is 76.8 Å². The Morgan fingerprint density at radius 3 is 2.42 bits per heavy atom. The Morgan fingerprint density at radius 2 is 1.75 bits per heavy atom. The predicted molar refractivity (Wildman–Crippen MR) is 101 cm³/mol. The lowest BCUT2D eigenvalue weighted by Crippen LogP contribution is -2.16. The summed E-state index contributed by atoms with van der Waals surface area (Å²) in [6.07, 6.45) is 6.18. The average Bonchev–Trinajstić information content (AvgIpc) is 2.58. The third-order valence-corrected chi connectivity index (χ3v) is 4.86. The van der Waals surface area contributed by atoms with Crippen LogP contribution >= 0.6 is 0 Å². The van der Waals surface area contributed by atoms with Gasteiger partial charge >= 0.3 is 0 Å². The van der Waals surface area contributed by atoms with Gasteiger partial charge in [-0.25, -0.2) is 0 Å². The largest absolute Gasteiger partial charge is 0.507 e. The van der Waals surface area contributed by atoms with Crippen molar-refractivity contribution in [2.45, 2.75) is 64.9 Å². The number of hydrogen-bond acceptors (Lipinski definition) is 2. The summed E-state index contributed by atoms with van der Waals surface area (Å²) in [6.45, 7) is 6.74. The highest BCUT2D eigenvalue weighted by atomic mass is 16.3. The molecule has 2 rings (SSSR count). The van der Waals surface area contributed by atoms with E-state index < -0.39 is 0 Å². The fourth-order valence-electron chi connectivity index (χ4n) is 3.17. The molecule has 0 unspecified atom stereocenters. The van der Waals surface area contributed by atoms with Gasteiger partial charge in [0.05, 0.1) is 6.61 Å². The summed E-state index contributed by atoms with van der Waals surface area (Å²) in [6, 6.07) is 13.7. The van der Waals surface area contributed by atoms with Gasteiger partial charge in [0.25, 0.3) is 0 Å². The molecule has 0 aliphatic rings. The molecule has 0 spiro atoms. The van der Waals surface area contributed by atoms with Crippen molar-refractivity contribution >= 4 is 0 Å². The fraction of sp³-hybridized carbons (Fsp3) is 0.455. The van der Waals surface area contributed by atoms with Gasteiger partial charge in [0.2, 0.25) is 0 Å². The quantitative estimate of drug-likeness (QED) is 0.602. The summed E-state index contributed by atoms with van der Waals surface area (Å²) in [5.74, 6) is 0.309. The van der Waals surface area contributed by atoms with Gasteiger partial charge in [-0.05, 0) is 40.7 Å². The van der Waals surface area contributed by atoms with Crippen molar-refractivity contribution in [2.24, 2.45) is 0 Å². The van der Waals surface area contributed by atoms with E-state index >= 15 is 0 Å². The molecule has 2 heteroatoms. The van der Waals surface area contributed by atoms with Crippen molar-refractivity contribution in [3.05, 3.63) is 53.6 Å². The van der Waals surface area contributed by atoms with Crippen molar-refractivity contribution in [1.82, 2.24) is 0 Å². The van der Waals surface area contributed by atoms with E-state index in [0.717, 1.165) is 23.1 Å². The Bertz CT molecular complexity index is 659. The van der Waals surface area contributed by atoms with E-state index in [2.05, 4.69) is 26.8 Å². The van der Waals surface area contributed by atoms with E-state index in [9.17, 15) is 10.2 Å². The van der Waals surface area contributed by atoms with Gasteiger partial charge in [-0.15, -0.1) is 0 Å². The van der Waals surface area contributed by atoms with Crippen molar-refractivity contribution in [2.75, 3.05) is 0 Å². The number of hydrogen-bond donors (Lipinski definition) is 2. The molecule has 24 heavy (non-hydrogen) atoms. The number of rotatable bonds is 8. The van der Waals surface area contributed by atoms with E-state index in [-0.39, 0.29) is 12.0 Å². The minimum absolute atomic E-state index is 0.0114. The molecule has 2 aromatic rings. The zero-order valence-corrected chi connectivity index (χ0v) is 15.2. The fourth-order valence-corrected chi connectivity index (χ4v) is 3.17. The molecule has 0 heterocycles. The lowest BCUT2D eigenvalue weighted by Gasteiger charge is -2.26. The smallest absolute Gasteiger partial charge is 0.123 e. The van der Waals surface area contributed by atoms with Gasteiger partial charge in [0.1, 0.15) is 5.75 Å². The third kappa shape index (κ3) is 4.61. The first-order chi connectivity index (χ1) is 11.5. The van der Waals surface area contributed by atoms with Crippen LogP contribution in [0.1, 0.15) is 64.0 Å². The van der Waals surface area contributed by atoms with Crippen LogP contribution in [-0.4, -0.2) is 10.2 Å². The van der Waals surface area contributed by atoms with Crippen molar-refractivity contribution < 1.29 is 10.2 Å². The van der Waals surface area contributed by atoms with Crippen LogP contribution in [0.15, 0.2) is 42.5 Å². The second kappa shape index (κ2) is 8.34. The molecular formula is C22H30O2. The normalized spacial score (nSPS) is 11.7. The summed E-state index contributed by atoms with van der Waals surface area (Å²) in [5.41, 5.74) is 3.85. The summed E-state index contributed by atoms with van der Waals surface area (Å²) in [4.78, 5) is 0. The molecule has 0 aliphatic carbocycles. The van der Waals surface area contributed by atoms with E-state index in [4.69, 9.17) is 0 Å². The Morgan fingerprint density at radius 1 is 0.958 bits per heavy atom. The molecular weight excluding hydrogens is 296 g/mol. The molecule has 0 aliphatic heterocycles. The van der Waals surface area contributed by atoms with Gasteiger partial charge in [0.15, 0.2) is 0 Å². The standard InChI is InChI=1S/C22H30O2/c1-4-5-6-7-13-22(2,3)19-11-12-20(21(24)15-19)18-10-8-9-17(14-18)16-23/h8-12,14-15,23-24H,4-7,13,16H2,1-3H3. The Balaban J connectivity index is 2.19. The second-order valence-corrected chi connectivity index (χ2v) is 7.28.